The largest absolute Gasteiger partial charge is 0.342 e. The van der Waals surface area contributed by atoms with Crippen molar-refractivity contribution in [2.75, 3.05) is 13.1 Å². The van der Waals surface area contributed by atoms with Crippen molar-refractivity contribution in [3.63, 3.8) is 0 Å². The summed E-state index contributed by atoms with van der Waals surface area (Å²) < 4.78 is 5.41. The molecule has 4 rings (SSSR count). The number of nitrogens with zero attached hydrogens (tertiary/aromatic N) is 4. The van der Waals surface area contributed by atoms with E-state index in [1.54, 1.807) is 12.4 Å². The number of carbonyl (C=O) groups excluding carboxylic acids is 1. The Morgan fingerprint density at radius 3 is 2.46 bits per heavy atom. The molecule has 6 nitrogen and oxygen atoms in total. The number of benzene rings is 1. The number of amides is 1. The van der Waals surface area contributed by atoms with Crippen LogP contribution in [0.1, 0.15) is 48.6 Å². The van der Waals surface area contributed by atoms with E-state index < -0.39 is 0 Å². The smallest absolute Gasteiger partial charge is 0.258 e. The monoisotopic (exact) mass is 376 g/mol. The number of carbonyl (C=O) groups is 1. The third-order valence-corrected chi connectivity index (χ3v) is 5.49. The highest BCUT2D eigenvalue weighted by atomic mass is 16.5. The Kier molecular flexibility index (Phi) is 5.19. The van der Waals surface area contributed by atoms with Gasteiger partial charge in [0.2, 0.25) is 5.91 Å². The Hall–Kier alpha value is -3.02. The van der Waals surface area contributed by atoms with Crippen LogP contribution in [0.3, 0.4) is 0 Å². The number of rotatable bonds is 4. The van der Waals surface area contributed by atoms with E-state index in [2.05, 4.69) is 34.2 Å². The first-order valence-electron chi connectivity index (χ1n) is 9.71. The van der Waals surface area contributed by atoms with E-state index in [0.29, 0.717) is 5.89 Å². The molecule has 1 aliphatic heterocycles. The molecule has 0 radical (unpaired) electrons. The second-order valence-electron chi connectivity index (χ2n) is 7.43. The first-order chi connectivity index (χ1) is 13.6. The number of aromatic nitrogens is 3. The van der Waals surface area contributed by atoms with Gasteiger partial charge in [-0.3, -0.25) is 9.78 Å². The minimum absolute atomic E-state index is 0.124. The van der Waals surface area contributed by atoms with Crippen molar-refractivity contribution < 1.29 is 9.32 Å². The summed E-state index contributed by atoms with van der Waals surface area (Å²) in [7, 11) is 0. The average molecular weight is 376 g/mol. The Morgan fingerprint density at radius 2 is 1.79 bits per heavy atom. The minimum Gasteiger partial charge on any atom is -0.342 e. The highest BCUT2D eigenvalue weighted by molar-refractivity contribution is 5.83. The van der Waals surface area contributed by atoms with Gasteiger partial charge in [-0.2, -0.15) is 4.98 Å². The SMILES string of the molecule is Cc1ccc(C(C)C(=O)N2CCC(c3noc(-c4ccncc4)n3)CC2)cc1. The standard InChI is InChI=1S/C22H24N4O2/c1-15-3-5-17(6-4-15)16(2)22(27)26-13-9-18(10-14-26)20-24-21(28-25-20)19-7-11-23-12-8-19/h3-8,11-12,16,18H,9-10,13-14H2,1-2H3. The summed E-state index contributed by atoms with van der Waals surface area (Å²) in [6, 6.07) is 11.9. The van der Waals surface area contributed by atoms with Crippen LogP contribution in [0.4, 0.5) is 0 Å². The Morgan fingerprint density at radius 1 is 1.11 bits per heavy atom. The van der Waals surface area contributed by atoms with E-state index in [1.165, 1.54) is 5.56 Å². The van der Waals surface area contributed by atoms with E-state index in [4.69, 9.17) is 4.52 Å². The molecule has 2 aromatic heterocycles. The summed E-state index contributed by atoms with van der Waals surface area (Å²) in [6.07, 6.45) is 5.11. The van der Waals surface area contributed by atoms with Gasteiger partial charge in [-0.05, 0) is 44.4 Å². The fourth-order valence-corrected chi connectivity index (χ4v) is 3.64. The van der Waals surface area contributed by atoms with Crippen molar-refractivity contribution in [1.82, 2.24) is 20.0 Å². The second-order valence-corrected chi connectivity index (χ2v) is 7.43. The van der Waals surface area contributed by atoms with Crippen LogP contribution in [0.25, 0.3) is 11.5 Å². The molecular weight excluding hydrogens is 352 g/mol. The van der Waals surface area contributed by atoms with E-state index >= 15 is 0 Å². The summed E-state index contributed by atoms with van der Waals surface area (Å²) in [5, 5.41) is 4.17. The molecular formula is C22H24N4O2. The van der Waals surface area contributed by atoms with Gasteiger partial charge in [0.05, 0.1) is 5.92 Å². The quantitative estimate of drug-likeness (QED) is 0.689. The topological polar surface area (TPSA) is 72.1 Å². The molecule has 0 saturated carbocycles. The number of piperidine rings is 1. The zero-order valence-electron chi connectivity index (χ0n) is 16.2. The summed E-state index contributed by atoms with van der Waals surface area (Å²) in [6.45, 7) is 5.48. The maximum absolute atomic E-state index is 12.9. The molecule has 0 N–H and O–H groups in total. The molecule has 3 heterocycles. The molecule has 6 heteroatoms. The lowest BCUT2D eigenvalue weighted by molar-refractivity contribution is -0.133. The molecule has 1 aromatic carbocycles. The molecule has 1 fully saturated rings. The van der Waals surface area contributed by atoms with Crippen LogP contribution in [-0.4, -0.2) is 39.0 Å². The van der Waals surface area contributed by atoms with Crippen molar-refractivity contribution in [3.05, 3.63) is 65.7 Å². The third kappa shape index (κ3) is 3.81. The Balaban J connectivity index is 1.37. The van der Waals surface area contributed by atoms with E-state index in [9.17, 15) is 4.79 Å². The molecule has 28 heavy (non-hydrogen) atoms. The molecule has 1 aliphatic rings. The highest BCUT2D eigenvalue weighted by Crippen LogP contribution is 2.29. The molecule has 1 atom stereocenters. The van der Waals surface area contributed by atoms with E-state index in [1.807, 2.05) is 36.1 Å². The van der Waals surface area contributed by atoms with Gasteiger partial charge in [-0.25, -0.2) is 0 Å². The van der Waals surface area contributed by atoms with Gasteiger partial charge in [0.15, 0.2) is 5.82 Å². The van der Waals surface area contributed by atoms with Crippen LogP contribution in [0.15, 0.2) is 53.3 Å². The van der Waals surface area contributed by atoms with Crippen LogP contribution < -0.4 is 0 Å². The zero-order valence-corrected chi connectivity index (χ0v) is 16.2. The van der Waals surface area contributed by atoms with Gasteiger partial charge in [-0.15, -0.1) is 0 Å². The molecule has 1 amide bonds. The van der Waals surface area contributed by atoms with Crippen LogP contribution >= 0.6 is 0 Å². The number of hydrogen-bond acceptors (Lipinski definition) is 5. The van der Waals surface area contributed by atoms with Gasteiger partial charge in [-0.1, -0.05) is 35.0 Å². The maximum atomic E-state index is 12.9. The van der Waals surface area contributed by atoms with Gasteiger partial charge in [0.25, 0.3) is 5.89 Å². The van der Waals surface area contributed by atoms with E-state index in [-0.39, 0.29) is 17.7 Å². The van der Waals surface area contributed by atoms with Crippen LogP contribution in [0.2, 0.25) is 0 Å². The molecule has 1 unspecified atom stereocenters. The summed E-state index contributed by atoms with van der Waals surface area (Å²) in [5.41, 5.74) is 3.14. The fraction of sp³-hybridized carbons (Fsp3) is 0.364. The fourth-order valence-electron chi connectivity index (χ4n) is 3.64. The van der Waals surface area contributed by atoms with Crippen LogP contribution in [0, 0.1) is 6.92 Å². The number of hydrogen-bond donors (Lipinski definition) is 0. The predicted octanol–water partition coefficient (Wildman–Crippen LogP) is 3.95. The first-order valence-corrected chi connectivity index (χ1v) is 9.71. The van der Waals surface area contributed by atoms with Gasteiger partial charge in [0.1, 0.15) is 0 Å². The van der Waals surface area contributed by atoms with Crippen molar-refractivity contribution in [1.29, 1.82) is 0 Å². The predicted molar refractivity (Wildman–Crippen MR) is 106 cm³/mol. The molecule has 0 spiro atoms. The molecule has 1 saturated heterocycles. The lowest BCUT2D eigenvalue weighted by Gasteiger charge is -2.32. The van der Waals surface area contributed by atoms with Gasteiger partial charge in [0, 0.05) is 37.0 Å². The summed E-state index contributed by atoms with van der Waals surface area (Å²) >= 11 is 0. The lowest BCUT2D eigenvalue weighted by Crippen LogP contribution is -2.40. The minimum atomic E-state index is -0.124. The molecule has 0 aliphatic carbocycles. The second kappa shape index (κ2) is 7.92. The van der Waals surface area contributed by atoms with Crippen molar-refractivity contribution in [2.45, 2.75) is 38.5 Å². The Bertz CT molecular complexity index is 929. The summed E-state index contributed by atoms with van der Waals surface area (Å²) in [5.74, 6) is 1.53. The number of aryl methyl sites for hydroxylation is 1. The lowest BCUT2D eigenvalue weighted by atomic mass is 9.93. The van der Waals surface area contributed by atoms with Crippen LogP contribution in [-0.2, 0) is 4.79 Å². The Labute approximate surface area is 164 Å². The zero-order chi connectivity index (χ0) is 19.5. The van der Waals surface area contributed by atoms with E-state index in [0.717, 1.165) is 42.9 Å². The van der Waals surface area contributed by atoms with Crippen molar-refractivity contribution >= 4 is 5.91 Å². The normalized spacial score (nSPS) is 16.1. The van der Waals surface area contributed by atoms with Crippen LogP contribution in [0.5, 0.6) is 0 Å². The van der Waals surface area contributed by atoms with Gasteiger partial charge < -0.3 is 9.42 Å². The molecule has 3 aromatic rings. The average Bonchev–Trinajstić information content (AvgIpc) is 3.24. The maximum Gasteiger partial charge on any atom is 0.258 e. The highest BCUT2D eigenvalue weighted by Gasteiger charge is 2.29. The summed E-state index contributed by atoms with van der Waals surface area (Å²) in [4.78, 5) is 23.4. The molecule has 0 bridgehead atoms. The molecule has 144 valence electrons. The van der Waals surface area contributed by atoms with Gasteiger partial charge >= 0.3 is 0 Å². The number of pyridine rings is 1. The van der Waals surface area contributed by atoms with Crippen molar-refractivity contribution in [3.8, 4) is 11.5 Å². The number of likely N-dealkylation sites (tertiary alicyclic amines) is 1. The van der Waals surface area contributed by atoms with Crippen molar-refractivity contribution in [2.24, 2.45) is 0 Å². The third-order valence-electron chi connectivity index (χ3n) is 5.49. The first kappa shape index (κ1) is 18.3.